The molecule has 0 aliphatic heterocycles. The van der Waals surface area contributed by atoms with Gasteiger partial charge in [0.05, 0.1) is 0 Å². The van der Waals surface area contributed by atoms with Gasteiger partial charge in [-0.05, 0) is 23.5 Å². The van der Waals surface area contributed by atoms with Crippen LogP contribution < -0.4 is 0 Å². The predicted molar refractivity (Wildman–Crippen MR) is 56.0 cm³/mol. The first kappa shape index (κ1) is 13.0. The molecular formula is C12H15F3O. The Hall–Kier alpha value is -1.03. The third-order valence-electron chi connectivity index (χ3n) is 2.22. The first-order chi connectivity index (χ1) is 7.30. The summed E-state index contributed by atoms with van der Waals surface area (Å²) < 4.78 is 36.8. The minimum atomic E-state index is -4.60. The van der Waals surface area contributed by atoms with E-state index in [0.717, 1.165) is 5.56 Å². The van der Waals surface area contributed by atoms with Crippen molar-refractivity contribution in [2.24, 2.45) is 5.92 Å². The normalized spacial score (nSPS) is 14.2. The van der Waals surface area contributed by atoms with E-state index in [0.29, 0.717) is 12.3 Å². The molecule has 0 aromatic heterocycles. The van der Waals surface area contributed by atoms with Crippen LogP contribution in [0.15, 0.2) is 24.3 Å². The van der Waals surface area contributed by atoms with Crippen LogP contribution in [0.1, 0.15) is 31.1 Å². The van der Waals surface area contributed by atoms with Crippen LogP contribution in [0.4, 0.5) is 13.2 Å². The van der Waals surface area contributed by atoms with Crippen LogP contribution in [0.2, 0.25) is 0 Å². The van der Waals surface area contributed by atoms with Crippen molar-refractivity contribution < 1.29 is 18.3 Å². The Balaban J connectivity index is 2.90. The molecule has 0 aliphatic rings. The monoisotopic (exact) mass is 232 g/mol. The zero-order valence-electron chi connectivity index (χ0n) is 9.25. The van der Waals surface area contributed by atoms with Gasteiger partial charge in [0.25, 0.3) is 0 Å². The maximum Gasteiger partial charge on any atom is 0.418 e. The molecule has 1 rings (SSSR count). The maximum atomic E-state index is 12.3. The molecular weight excluding hydrogens is 217 g/mol. The van der Waals surface area contributed by atoms with Crippen molar-refractivity contribution in [2.75, 3.05) is 0 Å². The van der Waals surface area contributed by atoms with Gasteiger partial charge in [0.2, 0.25) is 0 Å². The van der Waals surface area contributed by atoms with Crippen molar-refractivity contribution in [2.45, 2.75) is 32.5 Å². The highest BCUT2D eigenvalue weighted by Gasteiger charge is 2.39. The van der Waals surface area contributed by atoms with E-state index in [1.165, 1.54) is 12.1 Å². The van der Waals surface area contributed by atoms with E-state index in [2.05, 4.69) is 0 Å². The largest absolute Gasteiger partial charge is 0.418 e. The van der Waals surface area contributed by atoms with Gasteiger partial charge in [0, 0.05) is 0 Å². The van der Waals surface area contributed by atoms with Gasteiger partial charge in [-0.2, -0.15) is 13.2 Å². The number of benzene rings is 1. The third kappa shape index (κ3) is 3.52. The average molecular weight is 232 g/mol. The second kappa shape index (κ2) is 4.87. The summed E-state index contributed by atoms with van der Waals surface area (Å²) in [6.07, 6.45) is -6.28. The fourth-order valence-electron chi connectivity index (χ4n) is 1.55. The van der Waals surface area contributed by atoms with Gasteiger partial charge < -0.3 is 5.11 Å². The molecule has 0 fully saturated rings. The smallest absolute Gasteiger partial charge is 0.379 e. The molecule has 16 heavy (non-hydrogen) atoms. The summed E-state index contributed by atoms with van der Waals surface area (Å²) in [6.45, 7) is 3.99. The Morgan fingerprint density at radius 2 is 1.88 bits per heavy atom. The summed E-state index contributed by atoms with van der Waals surface area (Å²) in [5.41, 5.74) is 0.724. The fourth-order valence-corrected chi connectivity index (χ4v) is 1.55. The van der Waals surface area contributed by atoms with Crippen molar-refractivity contribution in [3.8, 4) is 0 Å². The van der Waals surface area contributed by atoms with Gasteiger partial charge in [-0.3, -0.25) is 0 Å². The van der Waals surface area contributed by atoms with Gasteiger partial charge >= 0.3 is 6.18 Å². The van der Waals surface area contributed by atoms with Crippen molar-refractivity contribution in [1.29, 1.82) is 0 Å². The zero-order chi connectivity index (χ0) is 12.3. The lowest BCUT2D eigenvalue weighted by Gasteiger charge is -2.16. The summed E-state index contributed by atoms with van der Waals surface area (Å²) in [6, 6.07) is 6.02. The second-order valence-corrected chi connectivity index (χ2v) is 4.29. The van der Waals surface area contributed by atoms with E-state index in [4.69, 9.17) is 5.11 Å². The average Bonchev–Trinajstić information content (AvgIpc) is 2.14. The molecule has 4 heteroatoms. The van der Waals surface area contributed by atoms with E-state index >= 15 is 0 Å². The van der Waals surface area contributed by atoms with E-state index in [1.54, 1.807) is 12.1 Å². The first-order valence-corrected chi connectivity index (χ1v) is 5.14. The minimum absolute atomic E-state index is 0.0920. The molecule has 0 heterocycles. The fraction of sp³-hybridized carbons (Fsp3) is 0.500. The Kier molecular flexibility index (Phi) is 3.97. The van der Waals surface area contributed by atoms with Crippen LogP contribution in [0.25, 0.3) is 0 Å². The van der Waals surface area contributed by atoms with Crippen LogP contribution in [-0.2, 0) is 6.42 Å². The number of rotatable bonds is 3. The Labute approximate surface area is 92.9 Å². The molecule has 0 saturated carbocycles. The van der Waals surface area contributed by atoms with Crippen molar-refractivity contribution in [3.05, 3.63) is 35.4 Å². The van der Waals surface area contributed by atoms with Crippen molar-refractivity contribution in [3.63, 3.8) is 0 Å². The lowest BCUT2D eigenvalue weighted by atomic mass is 9.99. The molecule has 1 aromatic rings. The summed E-state index contributed by atoms with van der Waals surface area (Å²) in [7, 11) is 0. The Morgan fingerprint density at radius 3 is 2.38 bits per heavy atom. The molecule has 0 spiro atoms. The van der Waals surface area contributed by atoms with Crippen LogP contribution >= 0.6 is 0 Å². The van der Waals surface area contributed by atoms with Crippen molar-refractivity contribution in [1.82, 2.24) is 0 Å². The van der Waals surface area contributed by atoms with Crippen LogP contribution in [0, 0.1) is 5.92 Å². The maximum absolute atomic E-state index is 12.3. The lowest BCUT2D eigenvalue weighted by molar-refractivity contribution is -0.206. The van der Waals surface area contributed by atoms with Gasteiger partial charge in [0.15, 0.2) is 6.10 Å². The van der Waals surface area contributed by atoms with E-state index < -0.39 is 12.3 Å². The van der Waals surface area contributed by atoms with Crippen LogP contribution in [-0.4, -0.2) is 11.3 Å². The number of alkyl halides is 3. The van der Waals surface area contributed by atoms with Crippen molar-refractivity contribution >= 4 is 0 Å². The SMILES string of the molecule is CC(C)Cc1cccc([C@@H](O)C(F)(F)F)c1. The van der Waals surface area contributed by atoms with Gasteiger partial charge in [-0.15, -0.1) is 0 Å². The molecule has 0 saturated heterocycles. The lowest BCUT2D eigenvalue weighted by Crippen LogP contribution is -2.20. The summed E-state index contributed by atoms with van der Waals surface area (Å²) in [4.78, 5) is 0. The standard InChI is InChI=1S/C12H15F3O/c1-8(2)6-9-4-3-5-10(7-9)11(16)12(13,14)15/h3-5,7-8,11,16H,6H2,1-2H3/t11-/m1/s1. The highest BCUT2D eigenvalue weighted by molar-refractivity contribution is 5.26. The molecule has 90 valence electrons. The molecule has 1 aromatic carbocycles. The first-order valence-electron chi connectivity index (χ1n) is 5.14. The third-order valence-corrected chi connectivity index (χ3v) is 2.22. The molecule has 0 bridgehead atoms. The Morgan fingerprint density at radius 1 is 1.25 bits per heavy atom. The van der Waals surface area contributed by atoms with E-state index in [-0.39, 0.29) is 5.56 Å². The topological polar surface area (TPSA) is 20.2 Å². The molecule has 0 amide bonds. The number of aliphatic hydroxyl groups is 1. The molecule has 0 aliphatic carbocycles. The molecule has 0 radical (unpaired) electrons. The number of hydrogen-bond acceptors (Lipinski definition) is 1. The van der Waals surface area contributed by atoms with E-state index in [1.807, 2.05) is 13.8 Å². The van der Waals surface area contributed by atoms with Crippen LogP contribution in [0.5, 0.6) is 0 Å². The summed E-state index contributed by atoms with van der Waals surface area (Å²) in [5, 5.41) is 9.09. The molecule has 1 N–H and O–H groups in total. The minimum Gasteiger partial charge on any atom is -0.379 e. The Bertz CT molecular complexity index is 344. The number of aliphatic hydroxyl groups excluding tert-OH is 1. The highest BCUT2D eigenvalue weighted by atomic mass is 19.4. The number of halogens is 3. The van der Waals surface area contributed by atoms with Gasteiger partial charge in [-0.1, -0.05) is 38.1 Å². The van der Waals surface area contributed by atoms with Crippen LogP contribution in [0.3, 0.4) is 0 Å². The molecule has 1 atom stereocenters. The zero-order valence-corrected chi connectivity index (χ0v) is 9.25. The van der Waals surface area contributed by atoms with Gasteiger partial charge in [0.1, 0.15) is 0 Å². The second-order valence-electron chi connectivity index (χ2n) is 4.29. The van der Waals surface area contributed by atoms with E-state index in [9.17, 15) is 13.2 Å². The predicted octanol–water partition coefficient (Wildman–Crippen LogP) is 3.48. The number of hydrogen-bond donors (Lipinski definition) is 1. The summed E-state index contributed by atoms with van der Waals surface area (Å²) in [5.74, 6) is 0.373. The quantitative estimate of drug-likeness (QED) is 0.845. The molecule has 1 nitrogen and oxygen atoms in total. The summed E-state index contributed by atoms with van der Waals surface area (Å²) >= 11 is 0. The molecule has 0 unspecified atom stereocenters. The highest BCUT2D eigenvalue weighted by Crippen LogP contribution is 2.32. The van der Waals surface area contributed by atoms with Gasteiger partial charge in [-0.25, -0.2) is 0 Å².